The van der Waals surface area contributed by atoms with E-state index in [-0.39, 0.29) is 6.61 Å². The number of rotatable bonds is 9. The Morgan fingerprint density at radius 1 is 1.12 bits per heavy atom. The Morgan fingerprint density at radius 3 is 2.44 bits per heavy atom. The van der Waals surface area contributed by atoms with Crippen LogP contribution in [-0.2, 0) is 30.5 Å². The molecule has 41 heavy (non-hydrogen) atoms. The van der Waals surface area contributed by atoms with Crippen molar-refractivity contribution in [3.63, 3.8) is 0 Å². The van der Waals surface area contributed by atoms with Gasteiger partial charge in [0.05, 0.1) is 0 Å². The first-order valence-corrected chi connectivity index (χ1v) is 13.8. The number of carboxylic acid groups (broad SMARTS) is 1. The molecule has 12 nitrogen and oxygen atoms in total. The number of ether oxygens (including phenoxy) is 1. The van der Waals surface area contributed by atoms with E-state index in [1.807, 2.05) is 18.2 Å². The van der Waals surface area contributed by atoms with Crippen molar-refractivity contribution in [3.05, 3.63) is 65.7 Å². The first-order chi connectivity index (χ1) is 19.3. The highest BCUT2D eigenvalue weighted by Crippen LogP contribution is 2.50. The lowest BCUT2D eigenvalue weighted by Gasteiger charge is -2.44. The minimum atomic E-state index is -1.25. The molecule has 0 radical (unpaired) electrons. The fraction of sp³-hybridized carbons (Fsp3) is 0.393. The molecule has 0 aliphatic carbocycles. The summed E-state index contributed by atoms with van der Waals surface area (Å²) < 4.78 is 4.55. The number of aliphatic carboxylic acids is 1. The Kier molecular flexibility index (Phi) is 8.47. The molecule has 2 aromatic rings. The molecule has 0 spiro atoms. The smallest absolute Gasteiger partial charge is 0.410 e. The fourth-order valence-corrected chi connectivity index (χ4v) is 6.46. The van der Waals surface area contributed by atoms with Gasteiger partial charge in [0.2, 0.25) is 17.7 Å². The predicted molar refractivity (Wildman–Crippen MR) is 151 cm³/mol. The number of thioether (sulfide) groups is 1. The molecule has 2 saturated heterocycles. The highest BCUT2D eigenvalue weighted by atomic mass is 32.2. The second-order valence-corrected chi connectivity index (χ2v) is 12.3. The first-order valence-electron chi connectivity index (χ1n) is 12.9. The topological polar surface area (TPSA) is 171 Å². The molecular formula is C28H33N5O7S. The number of nitrogen functional groups attached to an aromatic ring is 1. The number of nitrogens with one attached hydrogen (secondary N) is 2. The predicted octanol–water partition coefficient (Wildman–Crippen LogP) is 1.71. The van der Waals surface area contributed by atoms with E-state index in [2.05, 4.69) is 10.6 Å². The van der Waals surface area contributed by atoms with Gasteiger partial charge in [-0.15, -0.1) is 11.8 Å². The quantitative estimate of drug-likeness (QED) is 0.253. The number of anilines is 1. The van der Waals surface area contributed by atoms with Crippen molar-refractivity contribution in [1.29, 1.82) is 0 Å². The minimum absolute atomic E-state index is 0.0256. The summed E-state index contributed by atoms with van der Waals surface area (Å²) in [7, 11) is 1.41. The lowest BCUT2D eigenvalue weighted by Crippen LogP contribution is -2.71. The summed E-state index contributed by atoms with van der Waals surface area (Å²) in [5.41, 5.74) is 7.43. The summed E-state index contributed by atoms with van der Waals surface area (Å²) in [5, 5.41) is 14.4. The Bertz CT molecular complexity index is 1350. The number of nitrogens with two attached hydrogens (primary N) is 1. The average Bonchev–Trinajstić information content (AvgIpc) is 3.20. The summed E-state index contributed by atoms with van der Waals surface area (Å²) in [6.07, 6.45) is -0.726. The SMILES string of the molecule is CC(C(=O)NC(C(=O)NC1C(=O)N2[C@@H]1SC(C)(C)[C@@H]2C(=O)O)c1cccc(N)c1)N(C)C(=O)OCc1ccccc1. The van der Waals surface area contributed by atoms with Crippen molar-refractivity contribution < 1.29 is 33.8 Å². The molecule has 2 fully saturated rings. The van der Waals surface area contributed by atoms with Gasteiger partial charge in [-0.1, -0.05) is 42.5 Å². The van der Waals surface area contributed by atoms with Gasteiger partial charge in [0.15, 0.2) is 0 Å². The molecule has 3 unspecified atom stereocenters. The molecule has 4 amide bonds. The zero-order valence-corrected chi connectivity index (χ0v) is 23.9. The van der Waals surface area contributed by atoms with Crippen LogP contribution in [0.4, 0.5) is 10.5 Å². The number of amides is 4. The van der Waals surface area contributed by atoms with Gasteiger partial charge >= 0.3 is 12.1 Å². The van der Waals surface area contributed by atoms with Crippen LogP contribution < -0.4 is 16.4 Å². The Labute approximate surface area is 241 Å². The number of hydrogen-bond donors (Lipinski definition) is 4. The highest BCUT2D eigenvalue weighted by molar-refractivity contribution is 8.01. The van der Waals surface area contributed by atoms with Crippen LogP contribution >= 0.6 is 11.8 Å². The summed E-state index contributed by atoms with van der Waals surface area (Å²) in [6.45, 7) is 4.99. The van der Waals surface area contributed by atoms with E-state index < -0.39 is 64.1 Å². The normalized spacial score (nSPS) is 22.0. The third-order valence-electron chi connectivity index (χ3n) is 7.22. The largest absolute Gasteiger partial charge is 0.480 e. The number of carboxylic acids is 1. The second kappa shape index (κ2) is 11.7. The molecule has 5 atom stereocenters. The van der Waals surface area contributed by atoms with Crippen LogP contribution in [0, 0.1) is 0 Å². The summed E-state index contributed by atoms with van der Waals surface area (Å²) >= 11 is 1.29. The van der Waals surface area contributed by atoms with Crippen LogP contribution in [0.25, 0.3) is 0 Å². The first kappa shape index (κ1) is 29.7. The van der Waals surface area contributed by atoms with Crippen molar-refractivity contribution in [2.24, 2.45) is 0 Å². The van der Waals surface area contributed by atoms with Crippen LogP contribution in [0.3, 0.4) is 0 Å². The average molecular weight is 584 g/mol. The molecule has 218 valence electrons. The number of fused-ring (bicyclic) bond motifs is 1. The summed E-state index contributed by atoms with van der Waals surface area (Å²) in [5.74, 6) is -2.95. The zero-order chi connectivity index (χ0) is 30.1. The van der Waals surface area contributed by atoms with Crippen LogP contribution in [0.5, 0.6) is 0 Å². The molecule has 0 saturated carbocycles. The van der Waals surface area contributed by atoms with Gasteiger partial charge in [-0.05, 0) is 44.0 Å². The third kappa shape index (κ3) is 6.09. The Morgan fingerprint density at radius 2 is 1.80 bits per heavy atom. The van der Waals surface area contributed by atoms with E-state index in [4.69, 9.17) is 10.5 Å². The maximum atomic E-state index is 13.5. The van der Waals surface area contributed by atoms with E-state index in [1.54, 1.807) is 44.2 Å². The number of carbonyl (C=O) groups is 5. The number of likely N-dealkylation sites (N-methyl/N-ethyl adjacent to an activating group) is 1. The van der Waals surface area contributed by atoms with E-state index >= 15 is 0 Å². The van der Waals surface area contributed by atoms with Crippen molar-refractivity contribution in [2.75, 3.05) is 12.8 Å². The molecule has 4 rings (SSSR count). The summed E-state index contributed by atoms with van der Waals surface area (Å²) in [4.78, 5) is 66.5. The second-order valence-electron chi connectivity index (χ2n) is 10.5. The number of nitrogens with zero attached hydrogens (tertiary/aromatic N) is 2. The maximum absolute atomic E-state index is 13.5. The molecule has 13 heteroatoms. The van der Waals surface area contributed by atoms with E-state index in [1.165, 1.54) is 36.7 Å². The third-order valence-corrected chi connectivity index (χ3v) is 8.79. The minimum Gasteiger partial charge on any atom is -0.480 e. The van der Waals surface area contributed by atoms with Crippen LogP contribution in [0.1, 0.15) is 37.9 Å². The van der Waals surface area contributed by atoms with Gasteiger partial charge in [0.1, 0.15) is 36.1 Å². The molecule has 2 aliphatic heterocycles. The van der Waals surface area contributed by atoms with Gasteiger partial charge in [0.25, 0.3) is 0 Å². The van der Waals surface area contributed by atoms with Crippen molar-refractivity contribution in [1.82, 2.24) is 20.4 Å². The van der Waals surface area contributed by atoms with Crippen molar-refractivity contribution in [2.45, 2.75) is 61.7 Å². The molecule has 5 N–H and O–H groups in total. The monoisotopic (exact) mass is 583 g/mol. The van der Waals surface area contributed by atoms with Crippen molar-refractivity contribution >= 4 is 47.2 Å². The van der Waals surface area contributed by atoms with Crippen LogP contribution in [-0.4, -0.2) is 80.0 Å². The zero-order valence-electron chi connectivity index (χ0n) is 23.1. The number of β-lactam (4-membered cyclic amide) rings is 1. The molecule has 2 aliphatic rings. The number of hydrogen-bond acceptors (Lipinski definition) is 8. The van der Waals surface area contributed by atoms with Gasteiger partial charge in [-0.3, -0.25) is 19.3 Å². The fourth-order valence-electron chi connectivity index (χ4n) is 4.84. The Hall–Kier alpha value is -4.26. The van der Waals surface area contributed by atoms with Gasteiger partial charge < -0.3 is 31.1 Å². The van der Waals surface area contributed by atoms with E-state index in [9.17, 15) is 29.1 Å². The van der Waals surface area contributed by atoms with Gasteiger partial charge in [-0.25, -0.2) is 9.59 Å². The maximum Gasteiger partial charge on any atom is 0.410 e. The van der Waals surface area contributed by atoms with Crippen LogP contribution in [0.2, 0.25) is 0 Å². The molecule has 2 aromatic carbocycles. The highest BCUT2D eigenvalue weighted by Gasteiger charge is 2.64. The molecule has 0 aromatic heterocycles. The lowest BCUT2D eigenvalue weighted by atomic mass is 9.95. The van der Waals surface area contributed by atoms with Crippen LogP contribution in [0.15, 0.2) is 54.6 Å². The number of carbonyl (C=O) groups excluding carboxylic acids is 4. The molecular weight excluding hydrogens is 550 g/mol. The Balaban J connectivity index is 1.46. The lowest BCUT2D eigenvalue weighted by molar-refractivity contribution is -0.161. The van der Waals surface area contributed by atoms with E-state index in [0.717, 1.165) is 10.5 Å². The summed E-state index contributed by atoms with van der Waals surface area (Å²) in [6, 6.07) is 11.2. The molecule has 2 heterocycles. The van der Waals surface area contributed by atoms with E-state index in [0.29, 0.717) is 11.3 Å². The van der Waals surface area contributed by atoms with Crippen molar-refractivity contribution in [3.8, 4) is 0 Å². The van der Waals surface area contributed by atoms with Gasteiger partial charge in [-0.2, -0.15) is 0 Å². The standard InChI is InChI=1S/C28H33N5O7S/c1-15(32(4)27(39)40-14-16-9-6-5-7-10-16)22(34)30-19(17-11-8-12-18(29)13-17)23(35)31-20-24(36)33-21(26(37)38)28(2,3)41-25(20)33/h5-13,15,19-21,25H,14,29H2,1-4H3,(H,30,34)(H,31,35)(H,37,38)/t15?,19?,20?,21-,25+/m0/s1. The van der Waals surface area contributed by atoms with Gasteiger partial charge in [0, 0.05) is 17.5 Å². The number of benzene rings is 2. The molecule has 0 bridgehead atoms.